The molecule has 3 atom stereocenters. The Morgan fingerprint density at radius 2 is 1.84 bits per heavy atom. The van der Waals surface area contributed by atoms with Gasteiger partial charge in [0.25, 0.3) is 0 Å². The molecule has 0 aliphatic carbocycles. The lowest BCUT2D eigenvalue weighted by molar-refractivity contribution is -0.135. The molecular formula is C20H24N4O. The number of piperidine rings is 1. The van der Waals surface area contributed by atoms with Crippen LogP contribution in [0.2, 0.25) is 0 Å². The fraction of sp³-hybridized carbons (Fsp3) is 0.450. The first kappa shape index (κ1) is 16.1. The number of para-hydroxylation sites is 1. The van der Waals surface area contributed by atoms with Gasteiger partial charge in [-0.25, -0.2) is 0 Å². The van der Waals surface area contributed by atoms with Crippen LogP contribution in [0.5, 0.6) is 0 Å². The Balaban J connectivity index is 1.67. The maximum absolute atomic E-state index is 13.4. The van der Waals surface area contributed by atoms with Crippen molar-refractivity contribution in [3.05, 3.63) is 48.2 Å². The van der Waals surface area contributed by atoms with Gasteiger partial charge in [-0.2, -0.15) is 5.10 Å². The molecule has 4 rings (SSSR count). The number of benzene rings is 1. The Hall–Kier alpha value is -2.43. The molecule has 1 aromatic heterocycles. The van der Waals surface area contributed by atoms with Crippen molar-refractivity contribution in [3.63, 3.8) is 0 Å². The van der Waals surface area contributed by atoms with Crippen molar-refractivity contribution in [1.82, 2.24) is 15.1 Å². The van der Waals surface area contributed by atoms with Crippen LogP contribution in [-0.4, -0.2) is 40.1 Å². The van der Waals surface area contributed by atoms with Crippen LogP contribution in [0.15, 0.2) is 42.6 Å². The van der Waals surface area contributed by atoms with Crippen molar-refractivity contribution in [2.24, 2.45) is 11.8 Å². The second-order valence-corrected chi connectivity index (χ2v) is 7.49. The van der Waals surface area contributed by atoms with Gasteiger partial charge >= 0.3 is 0 Å². The maximum Gasteiger partial charge on any atom is 0.246 e. The molecule has 0 saturated carbocycles. The lowest BCUT2D eigenvalue weighted by atomic mass is 9.91. The summed E-state index contributed by atoms with van der Waals surface area (Å²) < 4.78 is 0. The van der Waals surface area contributed by atoms with E-state index in [4.69, 9.17) is 0 Å². The highest BCUT2D eigenvalue weighted by Gasteiger charge is 2.39. The number of hydrogen-bond acceptors (Lipinski definition) is 4. The van der Waals surface area contributed by atoms with Crippen molar-refractivity contribution in [2.75, 3.05) is 18.0 Å². The van der Waals surface area contributed by atoms with Gasteiger partial charge in [-0.3, -0.25) is 4.79 Å². The van der Waals surface area contributed by atoms with Crippen LogP contribution < -0.4 is 4.90 Å². The lowest BCUT2D eigenvalue weighted by Gasteiger charge is -2.38. The number of fused-ring (bicyclic) bond motifs is 1. The molecule has 0 radical (unpaired) electrons. The molecular weight excluding hydrogens is 312 g/mol. The summed E-state index contributed by atoms with van der Waals surface area (Å²) in [7, 11) is 0. The van der Waals surface area contributed by atoms with E-state index in [1.165, 1.54) is 12.0 Å². The van der Waals surface area contributed by atoms with Crippen LogP contribution in [0.4, 0.5) is 11.5 Å². The van der Waals surface area contributed by atoms with Crippen LogP contribution in [-0.2, 0) is 11.2 Å². The summed E-state index contributed by atoms with van der Waals surface area (Å²) >= 11 is 0. The molecule has 1 saturated heterocycles. The molecule has 5 nitrogen and oxygen atoms in total. The van der Waals surface area contributed by atoms with Gasteiger partial charge in [0, 0.05) is 31.4 Å². The smallest absolute Gasteiger partial charge is 0.246 e. The molecule has 0 bridgehead atoms. The van der Waals surface area contributed by atoms with E-state index in [2.05, 4.69) is 46.0 Å². The third-order valence-corrected chi connectivity index (χ3v) is 5.25. The number of aromatic nitrogens is 2. The first-order valence-electron chi connectivity index (χ1n) is 9.07. The second-order valence-electron chi connectivity index (χ2n) is 7.49. The normalized spacial score (nSPS) is 25.8. The van der Waals surface area contributed by atoms with Gasteiger partial charge in [-0.15, -0.1) is 5.10 Å². The molecule has 130 valence electrons. The van der Waals surface area contributed by atoms with Crippen LogP contribution in [0.3, 0.4) is 0 Å². The van der Waals surface area contributed by atoms with Gasteiger partial charge < -0.3 is 9.80 Å². The molecule has 2 aromatic rings. The third kappa shape index (κ3) is 2.99. The molecule has 5 heteroatoms. The fourth-order valence-corrected chi connectivity index (χ4v) is 4.34. The zero-order valence-electron chi connectivity index (χ0n) is 14.8. The quantitative estimate of drug-likeness (QED) is 0.846. The van der Waals surface area contributed by atoms with Crippen molar-refractivity contribution < 1.29 is 4.79 Å². The third-order valence-electron chi connectivity index (χ3n) is 5.25. The summed E-state index contributed by atoms with van der Waals surface area (Å²) in [4.78, 5) is 17.5. The Morgan fingerprint density at radius 1 is 1.08 bits per heavy atom. The Bertz CT molecular complexity index is 753. The van der Waals surface area contributed by atoms with Crippen molar-refractivity contribution in [2.45, 2.75) is 32.7 Å². The summed E-state index contributed by atoms with van der Waals surface area (Å²) in [6, 6.07) is 11.8. The van der Waals surface area contributed by atoms with Gasteiger partial charge in [0.1, 0.15) is 6.04 Å². The zero-order chi connectivity index (χ0) is 17.4. The van der Waals surface area contributed by atoms with Crippen molar-refractivity contribution >= 4 is 17.4 Å². The van der Waals surface area contributed by atoms with Crippen LogP contribution in [0, 0.1) is 11.8 Å². The lowest BCUT2D eigenvalue weighted by Crippen LogP contribution is -2.50. The number of carbonyl (C=O) groups excluding carboxylic acids is 1. The molecule has 2 aliphatic rings. The summed E-state index contributed by atoms with van der Waals surface area (Å²) in [5, 5.41) is 8.29. The highest BCUT2D eigenvalue weighted by atomic mass is 16.2. The van der Waals surface area contributed by atoms with Gasteiger partial charge in [-0.1, -0.05) is 32.0 Å². The average Bonchev–Trinajstić information content (AvgIpc) is 3.00. The molecule has 1 fully saturated rings. The van der Waals surface area contributed by atoms with E-state index in [1.54, 1.807) is 6.20 Å². The monoisotopic (exact) mass is 336 g/mol. The van der Waals surface area contributed by atoms with Crippen LogP contribution >= 0.6 is 0 Å². The van der Waals surface area contributed by atoms with Gasteiger partial charge in [0.05, 0.1) is 0 Å². The van der Waals surface area contributed by atoms with Gasteiger partial charge in [-0.05, 0) is 42.0 Å². The second kappa shape index (κ2) is 6.47. The number of amides is 1. The average molecular weight is 336 g/mol. The highest BCUT2D eigenvalue weighted by Crippen LogP contribution is 2.38. The molecule has 0 N–H and O–H groups in total. The van der Waals surface area contributed by atoms with Crippen molar-refractivity contribution in [3.8, 4) is 0 Å². The van der Waals surface area contributed by atoms with E-state index in [9.17, 15) is 4.79 Å². The first-order chi connectivity index (χ1) is 12.1. The maximum atomic E-state index is 13.4. The summed E-state index contributed by atoms with van der Waals surface area (Å²) in [6.07, 6.45) is 3.59. The number of rotatable bonds is 2. The minimum atomic E-state index is -0.230. The van der Waals surface area contributed by atoms with E-state index in [-0.39, 0.29) is 11.9 Å². The molecule has 25 heavy (non-hydrogen) atoms. The Kier molecular flexibility index (Phi) is 4.15. The Morgan fingerprint density at radius 3 is 2.56 bits per heavy atom. The van der Waals surface area contributed by atoms with E-state index in [0.717, 1.165) is 31.0 Å². The minimum absolute atomic E-state index is 0.209. The van der Waals surface area contributed by atoms with Gasteiger partial charge in [0.2, 0.25) is 5.91 Å². The number of likely N-dealkylation sites (tertiary alicyclic amines) is 1. The molecule has 2 aliphatic heterocycles. The molecule has 3 unspecified atom stereocenters. The summed E-state index contributed by atoms with van der Waals surface area (Å²) in [6.45, 7) is 6.17. The number of anilines is 2. The largest absolute Gasteiger partial charge is 0.340 e. The molecule has 0 spiro atoms. The molecule has 1 amide bonds. The predicted octanol–water partition coefficient (Wildman–Crippen LogP) is 3.04. The van der Waals surface area contributed by atoms with E-state index < -0.39 is 0 Å². The number of hydrogen-bond donors (Lipinski definition) is 0. The topological polar surface area (TPSA) is 49.3 Å². The van der Waals surface area contributed by atoms with E-state index >= 15 is 0 Å². The summed E-state index contributed by atoms with van der Waals surface area (Å²) in [5.41, 5.74) is 2.27. The SMILES string of the molecule is CC1CC(C)CN(C(=O)C2Cc3ccccc3N2c2cccnn2)C1. The van der Waals surface area contributed by atoms with E-state index in [1.807, 2.05) is 24.3 Å². The zero-order valence-corrected chi connectivity index (χ0v) is 14.8. The van der Waals surface area contributed by atoms with Crippen LogP contribution in [0.25, 0.3) is 0 Å². The minimum Gasteiger partial charge on any atom is -0.340 e. The first-order valence-corrected chi connectivity index (χ1v) is 9.07. The molecule has 3 heterocycles. The summed E-state index contributed by atoms with van der Waals surface area (Å²) in [5.74, 6) is 2.06. The fourth-order valence-electron chi connectivity index (χ4n) is 4.34. The van der Waals surface area contributed by atoms with Gasteiger partial charge in [0.15, 0.2) is 5.82 Å². The number of carbonyl (C=O) groups is 1. The number of nitrogens with zero attached hydrogens (tertiary/aromatic N) is 4. The van der Waals surface area contributed by atoms with Crippen molar-refractivity contribution in [1.29, 1.82) is 0 Å². The predicted molar refractivity (Wildman–Crippen MR) is 97.6 cm³/mol. The van der Waals surface area contributed by atoms with Crippen LogP contribution in [0.1, 0.15) is 25.8 Å². The molecule has 1 aromatic carbocycles. The standard InChI is InChI=1S/C20H24N4O/c1-14-10-15(2)13-23(12-14)20(25)18-11-16-6-3-4-7-17(16)24(18)19-8-5-9-21-22-19/h3-9,14-15,18H,10-13H2,1-2H3. The van der Waals surface area contributed by atoms with E-state index in [0.29, 0.717) is 11.8 Å². The highest BCUT2D eigenvalue weighted by molar-refractivity contribution is 5.91. The Labute approximate surface area is 148 Å².